The van der Waals surface area contributed by atoms with E-state index in [2.05, 4.69) is 10.2 Å². The lowest BCUT2D eigenvalue weighted by Crippen LogP contribution is -2.49. The Balaban J connectivity index is 1.65. The molecule has 1 unspecified atom stereocenters. The van der Waals surface area contributed by atoms with Gasteiger partial charge in [0.15, 0.2) is 0 Å². The van der Waals surface area contributed by atoms with Crippen LogP contribution in [0.2, 0.25) is 5.02 Å². The highest BCUT2D eigenvalue weighted by Gasteiger charge is 2.28. The van der Waals surface area contributed by atoms with Gasteiger partial charge in [-0.1, -0.05) is 11.6 Å². The topological polar surface area (TPSA) is 35.6 Å². The summed E-state index contributed by atoms with van der Waals surface area (Å²) in [5.74, 6) is 2.17. The van der Waals surface area contributed by atoms with Crippen molar-refractivity contribution in [1.29, 1.82) is 0 Å². The second-order valence-electron chi connectivity index (χ2n) is 6.22. The van der Waals surface area contributed by atoms with Gasteiger partial charge >= 0.3 is 6.03 Å². The molecule has 0 saturated carbocycles. The van der Waals surface area contributed by atoms with E-state index in [0.717, 1.165) is 36.7 Å². The average Bonchev–Trinajstić information content (AvgIpc) is 2.94. The van der Waals surface area contributed by atoms with Crippen LogP contribution in [0.4, 0.5) is 10.5 Å². The van der Waals surface area contributed by atoms with Crippen LogP contribution in [0.25, 0.3) is 0 Å². The molecule has 126 valence electrons. The molecule has 1 atom stereocenters. The molecule has 0 aromatic heterocycles. The molecule has 2 amide bonds. The SMILES string of the molecule is O=C(Nc1ccc(Cl)cc1)N1CCCSCC1CN1CCCC1. The minimum atomic E-state index is 0.0130. The third-order valence-corrected chi connectivity index (χ3v) is 5.91. The summed E-state index contributed by atoms with van der Waals surface area (Å²) in [5.41, 5.74) is 0.802. The van der Waals surface area contributed by atoms with Gasteiger partial charge in [0, 0.05) is 29.6 Å². The quantitative estimate of drug-likeness (QED) is 0.898. The first-order valence-electron chi connectivity index (χ1n) is 8.36. The van der Waals surface area contributed by atoms with E-state index in [4.69, 9.17) is 11.6 Å². The first-order chi connectivity index (χ1) is 11.2. The molecule has 1 aromatic carbocycles. The molecular formula is C17H24ClN3OS. The largest absolute Gasteiger partial charge is 0.322 e. The van der Waals surface area contributed by atoms with Crippen molar-refractivity contribution >= 4 is 35.1 Å². The Bertz CT molecular complexity index is 519. The van der Waals surface area contributed by atoms with E-state index < -0.39 is 0 Å². The van der Waals surface area contributed by atoms with E-state index in [-0.39, 0.29) is 6.03 Å². The maximum Gasteiger partial charge on any atom is 0.322 e. The Morgan fingerprint density at radius 2 is 1.91 bits per heavy atom. The average molecular weight is 354 g/mol. The maximum absolute atomic E-state index is 12.7. The number of rotatable bonds is 3. The van der Waals surface area contributed by atoms with Gasteiger partial charge in [-0.25, -0.2) is 4.79 Å². The fraction of sp³-hybridized carbons (Fsp3) is 0.588. The lowest BCUT2D eigenvalue weighted by atomic mass is 10.2. The summed E-state index contributed by atoms with van der Waals surface area (Å²) in [6.45, 7) is 4.19. The summed E-state index contributed by atoms with van der Waals surface area (Å²) in [6, 6.07) is 7.62. The number of hydrogen-bond acceptors (Lipinski definition) is 3. The first kappa shape index (κ1) is 16.9. The van der Waals surface area contributed by atoms with Gasteiger partial charge < -0.3 is 15.1 Å². The van der Waals surface area contributed by atoms with Crippen LogP contribution in [0, 0.1) is 0 Å². The van der Waals surface area contributed by atoms with Crippen LogP contribution < -0.4 is 5.32 Å². The Hall–Kier alpha value is -0.910. The number of amides is 2. The second kappa shape index (κ2) is 8.27. The Morgan fingerprint density at radius 1 is 1.17 bits per heavy atom. The number of halogens is 1. The molecule has 0 bridgehead atoms. The molecule has 4 nitrogen and oxygen atoms in total. The van der Waals surface area contributed by atoms with Crippen LogP contribution in [-0.2, 0) is 0 Å². The molecule has 2 fully saturated rings. The smallest absolute Gasteiger partial charge is 0.319 e. The molecule has 0 aliphatic carbocycles. The third kappa shape index (κ3) is 4.78. The predicted octanol–water partition coefficient (Wildman–Crippen LogP) is 3.78. The number of carbonyl (C=O) groups excluding carboxylic acids is 1. The van der Waals surface area contributed by atoms with Gasteiger partial charge in [-0.2, -0.15) is 11.8 Å². The zero-order chi connectivity index (χ0) is 16.1. The van der Waals surface area contributed by atoms with E-state index in [1.165, 1.54) is 25.9 Å². The molecule has 0 spiro atoms. The van der Waals surface area contributed by atoms with E-state index in [9.17, 15) is 4.79 Å². The van der Waals surface area contributed by atoms with Gasteiger partial charge in [-0.3, -0.25) is 0 Å². The minimum Gasteiger partial charge on any atom is -0.319 e. The molecule has 0 radical (unpaired) electrons. The van der Waals surface area contributed by atoms with E-state index in [0.29, 0.717) is 11.1 Å². The fourth-order valence-electron chi connectivity index (χ4n) is 3.24. The molecule has 2 saturated heterocycles. The van der Waals surface area contributed by atoms with Crippen LogP contribution in [0.1, 0.15) is 19.3 Å². The molecule has 2 heterocycles. The number of likely N-dealkylation sites (tertiary alicyclic amines) is 1. The highest BCUT2D eigenvalue weighted by Crippen LogP contribution is 2.21. The van der Waals surface area contributed by atoms with Crippen molar-refractivity contribution in [1.82, 2.24) is 9.80 Å². The van der Waals surface area contributed by atoms with Gasteiger partial charge in [0.2, 0.25) is 0 Å². The maximum atomic E-state index is 12.7. The number of hydrogen-bond donors (Lipinski definition) is 1. The summed E-state index contributed by atoms with van der Waals surface area (Å²) in [4.78, 5) is 17.3. The monoisotopic (exact) mass is 353 g/mol. The van der Waals surface area contributed by atoms with Gasteiger partial charge in [0.25, 0.3) is 0 Å². The highest BCUT2D eigenvalue weighted by molar-refractivity contribution is 7.99. The van der Waals surface area contributed by atoms with E-state index in [1.807, 2.05) is 28.8 Å². The number of nitrogens with zero attached hydrogens (tertiary/aromatic N) is 2. The molecule has 2 aliphatic rings. The van der Waals surface area contributed by atoms with Crippen molar-refractivity contribution < 1.29 is 4.79 Å². The number of benzene rings is 1. The van der Waals surface area contributed by atoms with Crippen LogP contribution in [0.3, 0.4) is 0 Å². The lowest BCUT2D eigenvalue weighted by Gasteiger charge is -2.32. The summed E-state index contributed by atoms with van der Waals surface area (Å²) in [7, 11) is 0. The zero-order valence-corrected chi connectivity index (χ0v) is 14.9. The molecule has 1 aromatic rings. The Kier molecular flexibility index (Phi) is 6.08. The summed E-state index contributed by atoms with van der Waals surface area (Å²) < 4.78 is 0. The Labute approximate surface area is 147 Å². The molecule has 23 heavy (non-hydrogen) atoms. The molecule has 1 N–H and O–H groups in total. The Morgan fingerprint density at radius 3 is 2.65 bits per heavy atom. The molecular weight excluding hydrogens is 330 g/mol. The fourth-order valence-corrected chi connectivity index (χ4v) is 4.42. The second-order valence-corrected chi connectivity index (χ2v) is 7.81. The van der Waals surface area contributed by atoms with Gasteiger partial charge in [-0.05, 0) is 62.4 Å². The van der Waals surface area contributed by atoms with Crippen molar-refractivity contribution in [3.05, 3.63) is 29.3 Å². The van der Waals surface area contributed by atoms with Crippen molar-refractivity contribution in [2.75, 3.05) is 43.0 Å². The van der Waals surface area contributed by atoms with Crippen molar-refractivity contribution in [2.24, 2.45) is 0 Å². The zero-order valence-electron chi connectivity index (χ0n) is 13.3. The van der Waals surface area contributed by atoms with Crippen molar-refractivity contribution in [2.45, 2.75) is 25.3 Å². The number of anilines is 1. The third-order valence-electron chi connectivity index (χ3n) is 4.46. The number of urea groups is 1. The molecule has 6 heteroatoms. The van der Waals surface area contributed by atoms with Crippen molar-refractivity contribution in [3.8, 4) is 0 Å². The number of nitrogens with one attached hydrogen (secondary N) is 1. The van der Waals surface area contributed by atoms with Gasteiger partial charge in [0.1, 0.15) is 0 Å². The lowest BCUT2D eigenvalue weighted by molar-refractivity contribution is 0.173. The van der Waals surface area contributed by atoms with Crippen molar-refractivity contribution in [3.63, 3.8) is 0 Å². The summed E-state index contributed by atoms with van der Waals surface area (Å²) in [5, 5.41) is 3.70. The molecule has 2 aliphatic heterocycles. The number of thioether (sulfide) groups is 1. The predicted molar refractivity (Wildman–Crippen MR) is 98.6 cm³/mol. The van der Waals surface area contributed by atoms with Crippen LogP contribution in [0.15, 0.2) is 24.3 Å². The minimum absolute atomic E-state index is 0.0130. The van der Waals surface area contributed by atoms with Crippen LogP contribution in [0.5, 0.6) is 0 Å². The summed E-state index contributed by atoms with van der Waals surface area (Å²) in [6.07, 6.45) is 3.64. The summed E-state index contributed by atoms with van der Waals surface area (Å²) >= 11 is 7.88. The van der Waals surface area contributed by atoms with E-state index in [1.54, 1.807) is 12.1 Å². The van der Waals surface area contributed by atoms with Crippen LogP contribution >= 0.6 is 23.4 Å². The first-order valence-corrected chi connectivity index (χ1v) is 9.89. The van der Waals surface area contributed by atoms with Gasteiger partial charge in [-0.15, -0.1) is 0 Å². The molecule has 3 rings (SSSR count). The van der Waals surface area contributed by atoms with Crippen LogP contribution in [-0.4, -0.2) is 59.6 Å². The standard InChI is InChI=1S/C17H24ClN3OS/c18-14-4-6-15(7-5-14)19-17(22)21-10-3-11-23-13-16(21)12-20-8-1-2-9-20/h4-7,16H,1-3,8-13H2,(H,19,22). The number of carbonyl (C=O) groups is 1. The van der Waals surface area contributed by atoms with E-state index >= 15 is 0 Å². The highest BCUT2D eigenvalue weighted by atomic mass is 35.5. The normalized spacial score (nSPS) is 22.8. The van der Waals surface area contributed by atoms with Gasteiger partial charge in [0.05, 0.1) is 6.04 Å².